The van der Waals surface area contributed by atoms with Gasteiger partial charge >= 0.3 is 18.1 Å². The van der Waals surface area contributed by atoms with Crippen molar-refractivity contribution in [3.05, 3.63) is 34.6 Å². The first kappa shape index (κ1) is 25.1. The van der Waals surface area contributed by atoms with Gasteiger partial charge in [0, 0.05) is 26.2 Å². The molecular formula is C23H24F3N7O3. The molecule has 0 saturated carbocycles. The molecule has 2 aromatic heterocycles. The Bertz CT molecular complexity index is 1420. The van der Waals surface area contributed by atoms with E-state index in [2.05, 4.69) is 21.8 Å². The number of halogens is 3. The number of ether oxygens (including phenoxy) is 1. The van der Waals surface area contributed by atoms with E-state index in [9.17, 15) is 22.8 Å². The third-order valence-electron chi connectivity index (χ3n) is 5.67. The Morgan fingerprint density at radius 1 is 1.31 bits per heavy atom. The Hall–Kier alpha value is -4.05. The number of amides is 1. The maximum atomic E-state index is 13.4. The van der Waals surface area contributed by atoms with Gasteiger partial charge in [-0.1, -0.05) is 18.1 Å². The molecule has 1 aliphatic rings. The second-order valence-electron chi connectivity index (χ2n) is 8.25. The molecule has 1 aromatic carbocycles. The number of imidazole rings is 1. The number of fused-ring (bicyclic) bond motifs is 1. The fraction of sp³-hybridized carbons (Fsp3) is 0.391. The highest BCUT2D eigenvalue weighted by molar-refractivity contribution is 5.96. The highest BCUT2D eigenvalue weighted by atomic mass is 19.4. The predicted octanol–water partition coefficient (Wildman–Crippen LogP) is 2.37. The molecule has 0 aliphatic carbocycles. The normalized spacial score (nSPS) is 15.9. The highest BCUT2D eigenvalue weighted by Gasteiger charge is 2.39. The summed E-state index contributed by atoms with van der Waals surface area (Å²) >= 11 is 0. The molecule has 0 radical (unpaired) electrons. The Kier molecular flexibility index (Phi) is 6.89. The van der Waals surface area contributed by atoms with Crippen LogP contribution in [0.3, 0.4) is 0 Å². The van der Waals surface area contributed by atoms with Crippen molar-refractivity contribution >= 4 is 28.7 Å². The Balaban J connectivity index is 1.77. The highest BCUT2D eigenvalue weighted by Crippen LogP contribution is 2.31. The second kappa shape index (κ2) is 9.90. The third kappa shape index (κ3) is 4.99. The smallest absolute Gasteiger partial charge is 0.423 e. The molecule has 1 unspecified atom stereocenters. The van der Waals surface area contributed by atoms with Gasteiger partial charge in [0.2, 0.25) is 5.95 Å². The van der Waals surface area contributed by atoms with E-state index >= 15 is 0 Å². The molecule has 1 saturated heterocycles. The maximum Gasteiger partial charge on any atom is 0.471 e. The van der Waals surface area contributed by atoms with Gasteiger partial charge in [0.15, 0.2) is 16.9 Å². The summed E-state index contributed by atoms with van der Waals surface area (Å²) in [6, 6.07) is 5.27. The number of alkyl halides is 3. The summed E-state index contributed by atoms with van der Waals surface area (Å²) in [6.07, 6.45) is -3.34. The van der Waals surface area contributed by atoms with E-state index < -0.39 is 17.6 Å². The van der Waals surface area contributed by atoms with Crippen molar-refractivity contribution in [1.82, 2.24) is 19.1 Å². The fourth-order valence-corrected chi connectivity index (χ4v) is 3.91. The molecule has 3 heterocycles. The van der Waals surface area contributed by atoms with Crippen LogP contribution in [0, 0.1) is 11.8 Å². The van der Waals surface area contributed by atoms with Crippen LogP contribution in [0.5, 0.6) is 11.8 Å². The first-order chi connectivity index (χ1) is 17.1. The van der Waals surface area contributed by atoms with Gasteiger partial charge in [-0.3, -0.25) is 18.7 Å². The van der Waals surface area contributed by atoms with E-state index in [4.69, 9.17) is 10.5 Å². The molecule has 10 nitrogen and oxygen atoms in total. The zero-order valence-corrected chi connectivity index (χ0v) is 19.6. The average Bonchev–Trinajstić information content (AvgIpc) is 3.20. The Morgan fingerprint density at radius 3 is 2.75 bits per heavy atom. The molecule has 0 bridgehead atoms. The number of carbonyl (C=O) groups excluding carboxylic acids is 1. The van der Waals surface area contributed by atoms with Gasteiger partial charge in [0.1, 0.15) is 0 Å². The molecule has 3 N–H and O–H groups in total. The minimum absolute atomic E-state index is 0.0395. The average molecular weight is 503 g/mol. The number of carbonyl (C=O) groups is 1. The van der Waals surface area contributed by atoms with Crippen LogP contribution in [-0.4, -0.2) is 50.3 Å². The molecule has 190 valence electrons. The maximum absolute atomic E-state index is 13.4. The number of hydrogen-bond acceptors (Lipinski definition) is 7. The summed E-state index contributed by atoms with van der Waals surface area (Å²) in [7, 11) is 1.42. The summed E-state index contributed by atoms with van der Waals surface area (Å²) < 4.78 is 46.7. The van der Waals surface area contributed by atoms with Crippen LogP contribution in [0.1, 0.15) is 19.8 Å². The zero-order chi connectivity index (χ0) is 26.0. The Morgan fingerprint density at radius 2 is 2.06 bits per heavy atom. The molecule has 4 rings (SSSR count). The van der Waals surface area contributed by atoms with Crippen molar-refractivity contribution in [2.75, 3.05) is 23.3 Å². The molecule has 3 aromatic rings. The van der Waals surface area contributed by atoms with Crippen LogP contribution < -0.4 is 26.2 Å². The molecule has 0 spiro atoms. The van der Waals surface area contributed by atoms with E-state index in [0.717, 1.165) is 17.4 Å². The van der Waals surface area contributed by atoms with Crippen LogP contribution in [0.25, 0.3) is 11.2 Å². The van der Waals surface area contributed by atoms with Gasteiger partial charge < -0.3 is 20.7 Å². The third-order valence-corrected chi connectivity index (χ3v) is 5.67. The lowest BCUT2D eigenvalue weighted by Gasteiger charge is -2.31. The number of nitrogens with two attached hydrogens (primary N) is 1. The van der Waals surface area contributed by atoms with E-state index in [1.54, 1.807) is 16.8 Å². The van der Waals surface area contributed by atoms with Gasteiger partial charge in [0.05, 0.1) is 12.2 Å². The van der Waals surface area contributed by atoms with Crippen molar-refractivity contribution < 1.29 is 22.7 Å². The number of anilines is 2. The minimum atomic E-state index is -5.08. The number of para-hydroxylation sites is 2. The summed E-state index contributed by atoms with van der Waals surface area (Å²) in [6.45, 7) is 3.15. The standard InChI is InChI=1S/C23H24F3N7O3/c1-3-4-12-33-17-18(29-21(33)32-11-7-8-14(27)13-32)30-22(31(2)19(17)34)36-16-10-6-5-9-15(16)28-20(35)23(24,25)26/h5-6,9-10,14H,7-8,11-13,27H2,1-2H3,(H,28,35). The predicted molar refractivity (Wildman–Crippen MR) is 127 cm³/mol. The molecule has 1 aliphatic heterocycles. The largest absolute Gasteiger partial charge is 0.471 e. The van der Waals surface area contributed by atoms with Crippen molar-refractivity contribution in [3.63, 3.8) is 0 Å². The number of hydrogen-bond donors (Lipinski definition) is 2. The summed E-state index contributed by atoms with van der Waals surface area (Å²) in [5.74, 6) is 3.97. The lowest BCUT2D eigenvalue weighted by atomic mass is 10.1. The Labute approximate surface area is 203 Å². The van der Waals surface area contributed by atoms with Crippen molar-refractivity contribution in [2.45, 2.75) is 38.5 Å². The second-order valence-corrected chi connectivity index (χ2v) is 8.25. The number of piperidine rings is 1. The quantitative estimate of drug-likeness (QED) is 0.513. The SMILES string of the molecule is CC#CCn1c(N2CCCC(N)C2)nc2nc(Oc3ccccc3NC(=O)C(F)(F)F)n(C)c(=O)c21. The molecular weight excluding hydrogens is 479 g/mol. The molecule has 13 heteroatoms. The topological polar surface area (TPSA) is 120 Å². The zero-order valence-electron chi connectivity index (χ0n) is 19.6. The number of nitrogens with one attached hydrogen (secondary N) is 1. The molecule has 36 heavy (non-hydrogen) atoms. The number of aromatic nitrogens is 4. The number of benzene rings is 1. The summed E-state index contributed by atoms with van der Waals surface area (Å²) in [4.78, 5) is 35.7. The number of nitrogens with zero attached hydrogens (tertiary/aromatic N) is 5. The van der Waals surface area contributed by atoms with E-state index in [0.29, 0.717) is 19.0 Å². The van der Waals surface area contributed by atoms with Gasteiger partial charge in [-0.25, -0.2) is 0 Å². The van der Waals surface area contributed by atoms with Crippen LogP contribution in [-0.2, 0) is 18.4 Å². The first-order valence-electron chi connectivity index (χ1n) is 11.1. The lowest BCUT2D eigenvalue weighted by molar-refractivity contribution is -0.167. The van der Waals surface area contributed by atoms with E-state index in [-0.39, 0.29) is 41.2 Å². The lowest BCUT2D eigenvalue weighted by Crippen LogP contribution is -2.44. The molecule has 1 atom stereocenters. The number of rotatable bonds is 5. The van der Waals surface area contributed by atoms with Crippen LogP contribution in [0.4, 0.5) is 24.8 Å². The van der Waals surface area contributed by atoms with E-state index in [1.807, 2.05) is 4.90 Å². The summed E-state index contributed by atoms with van der Waals surface area (Å²) in [5, 5.41) is 1.77. The van der Waals surface area contributed by atoms with Crippen LogP contribution >= 0.6 is 0 Å². The molecule has 1 fully saturated rings. The van der Waals surface area contributed by atoms with Crippen molar-refractivity contribution in [1.29, 1.82) is 0 Å². The van der Waals surface area contributed by atoms with Crippen molar-refractivity contribution in [3.8, 4) is 23.6 Å². The van der Waals surface area contributed by atoms with Crippen molar-refractivity contribution in [2.24, 2.45) is 12.8 Å². The molecule has 1 amide bonds. The van der Waals surface area contributed by atoms with Gasteiger partial charge in [-0.2, -0.15) is 23.1 Å². The van der Waals surface area contributed by atoms with Crippen LogP contribution in [0.2, 0.25) is 0 Å². The van der Waals surface area contributed by atoms with Gasteiger partial charge in [-0.05, 0) is 31.9 Å². The minimum Gasteiger partial charge on any atom is -0.423 e. The first-order valence-corrected chi connectivity index (χ1v) is 11.1. The van der Waals surface area contributed by atoms with Crippen LogP contribution in [0.15, 0.2) is 29.1 Å². The van der Waals surface area contributed by atoms with Gasteiger partial charge in [-0.15, -0.1) is 5.92 Å². The van der Waals surface area contributed by atoms with Gasteiger partial charge in [0.25, 0.3) is 5.56 Å². The monoisotopic (exact) mass is 503 g/mol. The summed E-state index contributed by atoms with van der Waals surface area (Å²) in [5.41, 5.74) is 5.72. The fourth-order valence-electron chi connectivity index (χ4n) is 3.91. The van der Waals surface area contributed by atoms with E-state index in [1.165, 1.54) is 31.3 Å².